The molecule has 27 heavy (non-hydrogen) atoms. The van der Waals surface area contributed by atoms with Crippen LogP contribution in [0, 0.1) is 5.82 Å². The van der Waals surface area contributed by atoms with Crippen molar-refractivity contribution in [2.45, 2.75) is 26.1 Å². The second kappa shape index (κ2) is 10.5. The Labute approximate surface area is 174 Å². The molecule has 3 aromatic carbocycles. The topological polar surface area (TPSA) is 21.3 Å². The predicted octanol–water partition coefficient (Wildman–Crippen LogP) is 6.44. The molecule has 1 N–H and O–H groups in total. The highest BCUT2D eigenvalue weighted by molar-refractivity contribution is 9.10. The third-order valence-electron chi connectivity index (χ3n) is 4.23. The minimum absolute atomic E-state index is 0. The van der Waals surface area contributed by atoms with Crippen LogP contribution in [0.5, 0.6) is 5.75 Å². The fourth-order valence-electron chi connectivity index (χ4n) is 2.69. The van der Waals surface area contributed by atoms with Gasteiger partial charge in [-0.2, -0.15) is 0 Å². The van der Waals surface area contributed by atoms with Crippen LogP contribution < -0.4 is 10.1 Å². The van der Waals surface area contributed by atoms with Gasteiger partial charge in [-0.3, -0.25) is 0 Å². The van der Waals surface area contributed by atoms with Crippen molar-refractivity contribution in [1.29, 1.82) is 0 Å². The molecule has 0 aliphatic heterocycles. The highest BCUT2D eigenvalue weighted by Gasteiger charge is 2.09. The van der Waals surface area contributed by atoms with Gasteiger partial charge in [0.2, 0.25) is 0 Å². The van der Waals surface area contributed by atoms with Gasteiger partial charge in [0.05, 0.1) is 0 Å². The maximum absolute atomic E-state index is 13.0. The number of hydrogen-bond donors (Lipinski definition) is 1. The maximum atomic E-state index is 13.0. The second-order valence-corrected chi connectivity index (χ2v) is 7.10. The molecule has 0 heterocycles. The molecule has 1 unspecified atom stereocenters. The summed E-state index contributed by atoms with van der Waals surface area (Å²) in [6.07, 6.45) is 0. The average Bonchev–Trinajstić information content (AvgIpc) is 2.67. The Bertz CT molecular complexity index is 843. The number of benzene rings is 3. The molecule has 0 amide bonds. The van der Waals surface area contributed by atoms with E-state index in [1.807, 2.05) is 30.3 Å². The fraction of sp³-hybridized carbons (Fsp3) is 0.182. The van der Waals surface area contributed by atoms with Gasteiger partial charge in [0.15, 0.2) is 0 Å². The van der Waals surface area contributed by atoms with E-state index in [-0.39, 0.29) is 24.3 Å². The van der Waals surface area contributed by atoms with Crippen LogP contribution >= 0.6 is 28.3 Å². The van der Waals surface area contributed by atoms with E-state index in [2.05, 4.69) is 46.4 Å². The molecule has 0 bridgehead atoms. The van der Waals surface area contributed by atoms with Gasteiger partial charge in [-0.15, -0.1) is 12.4 Å². The molecule has 1 atom stereocenters. The predicted molar refractivity (Wildman–Crippen MR) is 114 cm³/mol. The first kappa shape index (κ1) is 21.4. The molecular weight excluding hydrogens is 429 g/mol. The molecule has 0 aliphatic carbocycles. The lowest BCUT2D eigenvalue weighted by atomic mass is 10.1. The van der Waals surface area contributed by atoms with Crippen molar-refractivity contribution in [2.24, 2.45) is 0 Å². The summed E-state index contributed by atoms with van der Waals surface area (Å²) in [5.41, 5.74) is 3.26. The monoisotopic (exact) mass is 449 g/mol. The zero-order chi connectivity index (χ0) is 18.4. The van der Waals surface area contributed by atoms with Gasteiger partial charge in [0.1, 0.15) is 18.2 Å². The van der Waals surface area contributed by atoms with Crippen molar-refractivity contribution in [3.8, 4) is 5.75 Å². The quantitative estimate of drug-likeness (QED) is 0.447. The van der Waals surface area contributed by atoms with E-state index in [4.69, 9.17) is 4.74 Å². The van der Waals surface area contributed by atoms with Crippen molar-refractivity contribution < 1.29 is 9.13 Å². The van der Waals surface area contributed by atoms with E-state index in [9.17, 15) is 4.39 Å². The molecule has 0 aromatic heterocycles. The van der Waals surface area contributed by atoms with E-state index in [0.29, 0.717) is 13.2 Å². The zero-order valence-corrected chi connectivity index (χ0v) is 17.4. The average molecular weight is 451 g/mol. The molecule has 5 heteroatoms. The Morgan fingerprint density at radius 1 is 1.00 bits per heavy atom. The summed E-state index contributed by atoms with van der Waals surface area (Å²) in [4.78, 5) is 0. The van der Waals surface area contributed by atoms with Gasteiger partial charge in [-0.1, -0.05) is 58.4 Å². The summed E-state index contributed by atoms with van der Waals surface area (Å²) in [5.74, 6) is 0.586. The Morgan fingerprint density at radius 2 is 1.70 bits per heavy atom. The molecule has 0 aliphatic rings. The first-order chi connectivity index (χ1) is 12.6. The summed E-state index contributed by atoms with van der Waals surface area (Å²) >= 11 is 3.53. The normalized spacial score (nSPS) is 11.5. The number of rotatable bonds is 7. The first-order valence-corrected chi connectivity index (χ1v) is 9.35. The first-order valence-electron chi connectivity index (χ1n) is 8.56. The summed E-state index contributed by atoms with van der Waals surface area (Å²) in [5, 5.41) is 3.54. The summed E-state index contributed by atoms with van der Waals surface area (Å²) < 4.78 is 20.0. The van der Waals surface area contributed by atoms with Crippen molar-refractivity contribution in [2.75, 3.05) is 0 Å². The molecule has 0 saturated heterocycles. The number of hydrogen-bond acceptors (Lipinski definition) is 2. The van der Waals surface area contributed by atoms with Crippen molar-refractivity contribution in [3.05, 3.63) is 99.8 Å². The Balaban J connectivity index is 0.00000261. The third-order valence-corrected chi connectivity index (χ3v) is 4.72. The molecule has 3 aromatic rings. The van der Waals surface area contributed by atoms with E-state index in [0.717, 1.165) is 21.3 Å². The molecule has 2 nitrogen and oxygen atoms in total. The van der Waals surface area contributed by atoms with Crippen LogP contribution in [0.15, 0.2) is 77.3 Å². The smallest absolute Gasteiger partial charge is 0.124 e. The summed E-state index contributed by atoms with van der Waals surface area (Å²) in [6.45, 7) is 3.24. The van der Waals surface area contributed by atoms with Crippen LogP contribution in [0.1, 0.15) is 29.7 Å². The maximum Gasteiger partial charge on any atom is 0.124 e. The highest BCUT2D eigenvalue weighted by atomic mass is 79.9. The van der Waals surface area contributed by atoms with E-state index in [1.54, 1.807) is 12.1 Å². The molecular formula is C22H22BrClFNO. The Morgan fingerprint density at radius 3 is 2.41 bits per heavy atom. The van der Waals surface area contributed by atoms with Gasteiger partial charge < -0.3 is 10.1 Å². The van der Waals surface area contributed by atoms with Crippen LogP contribution in [0.4, 0.5) is 4.39 Å². The van der Waals surface area contributed by atoms with Gasteiger partial charge >= 0.3 is 0 Å². The van der Waals surface area contributed by atoms with Crippen LogP contribution in [-0.4, -0.2) is 0 Å². The minimum Gasteiger partial charge on any atom is -0.489 e. The van der Waals surface area contributed by atoms with Gasteiger partial charge in [0.25, 0.3) is 0 Å². The Hall–Kier alpha value is -1.88. The standard InChI is InChI=1S/C22H21BrFNO.ClH/c1-16(18-5-3-2-4-6-18)25-14-19-13-20(23)9-12-22(19)26-15-17-7-10-21(24)11-8-17;/h2-13,16,25H,14-15H2,1H3;1H. The molecule has 0 saturated carbocycles. The largest absolute Gasteiger partial charge is 0.489 e. The van der Waals surface area contributed by atoms with Crippen molar-refractivity contribution in [1.82, 2.24) is 5.32 Å². The van der Waals surface area contributed by atoms with Crippen LogP contribution in [0.2, 0.25) is 0 Å². The molecule has 142 valence electrons. The fourth-order valence-corrected chi connectivity index (χ4v) is 3.10. The van der Waals surface area contributed by atoms with Crippen molar-refractivity contribution >= 4 is 28.3 Å². The number of halogens is 3. The van der Waals surface area contributed by atoms with Crippen molar-refractivity contribution in [3.63, 3.8) is 0 Å². The lowest BCUT2D eigenvalue weighted by molar-refractivity contribution is 0.301. The molecule has 0 radical (unpaired) electrons. The summed E-state index contributed by atoms with van der Waals surface area (Å²) in [7, 11) is 0. The third kappa shape index (κ3) is 6.35. The molecule has 3 rings (SSSR count). The van der Waals surface area contributed by atoms with Gasteiger partial charge in [0, 0.05) is 22.6 Å². The lowest BCUT2D eigenvalue weighted by Crippen LogP contribution is -2.18. The Kier molecular flexibility index (Phi) is 8.29. The van der Waals surface area contributed by atoms with Crippen LogP contribution in [0.3, 0.4) is 0 Å². The lowest BCUT2D eigenvalue weighted by Gasteiger charge is -2.17. The molecule has 0 spiro atoms. The second-order valence-electron chi connectivity index (χ2n) is 6.18. The van der Waals surface area contributed by atoms with E-state index >= 15 is 0 Å². The SMILES string of the molecule is CC(NCc1cc(Br)ccc1OCc1ccc(F)cc1)c1ccccc1.Cl. The zero-order valence-electron chi connectivity index (χ0n) is 15.0. The summed E-state index contributed by atoms with van der Waals surface area (Å²) in [6, 6.07) is 22.9. The minimum atomic E-state index is -0.239. The van der Waals surface area contributed by atoms with E-state index in [1.165, 1.54) is 17.7 Å². The van der Waals surface area contributed by atoms with Crippen LogP contribution in [-0.2, 0) is 13.2 Å². The number of ether oxygens (including phenoxy) is 1. The molecule has 0 fully saturated rings. The van der Waals surface area contributed by atoms with Gasteiger partial charge in [-0.05, 0) is 48.4 Å². The highest BCUT2D eigenvalue weighted by Crippen LogP contribution is 2.25. The van der Waals surface area contributed by atoms with Crippen LogP contribution in [0.25, 0.3) is 0 Å². The number of nitrogens with one attached hydrogen (secondary N) is 1. The van der Waals surface area contributed by atoms with E-state index < -0.39 is 0 Å². The van der Waals surface area contributed by atoms with Gasteiger partial charge in [-0.25, -0.2) is 4.39 Å².